The molecule has 3 rings (SSSR count). The van der Waals surface area contributed by atoms with Crippen LogP contribution in [0.2, 0.25) is 0 Å². The van der Waals surface area contributed by atoms with Crippen molar-refractivity contribution in [3.05, 3.63) is 23.8 Å². The third kappa shape index (κ3) is 2.53. The predicted octanol–water partition coefficient (Wildman–Crippen LogP) is 2.32. The molecule has 1 atom stereocenters. The van der Waals surface area contributed by atoms with Crippen LogP contribution in [0, 0.1) is 0 Å². The fraction of sp³-hybridized carbons (Fsp3) is 0.533. The van der Waals surface area contributed by atoms with E-state index in [1.54, 1.807) is 0 Å². The van der Waals surface area contributed by atoms with Crippen LogP contribution < -0.4 is 14.8 Å². The highest BCUT2D eigenvalue weighted by Gasteiger charge is 2.28. The second kappa shape index (κ2) is 5.23. The highest BCUT2D eigenvalue weighted by molar-refractivity contribution is 5.74. The van der Waals surface area contributed by atoms with Crippen LogP contribution in [0.4, 0.5) is 4.79 Å². The molecule has 0 aromatic heterocycles. The standard InChI is InChI=1S/C15H20N2O3/c1-10(2)16-15(18)17-6-5-12(8-17)11-3-4-13-14(7-11)20-9-19-13/h3-4,7,10,12H,5-6,8-9H2,1-2H3,(H,16,18). The minimum absolute atomic E-state index is 0.0308. The molecular weight excluding hydrogens is 256 g/mol. The Labute approximate surface area is 118 Å². The maximum atomic E-state index is 12.0. The third-order valence-corrected chi connectivity index (χ3v) is 3.76. The van der Waals surface area contributed by atoms with E-state index in [1.807, 2.05) is 30.9 Å². The molecule has 0 bridgehead atoms. The molecule has 5 heteroatoms. The van der Waals surface area contributed by atoms with Crippen LogP contribution in [-0.4, -0.2) is 36.9 Å². The number of amides is 2. The van der Waals surface area contributed by atoms with Gasteiger partial charge < -0.3 is 19.7 Å². The molecule has 2 amide bonds. The van der Waals surface area contributed by atoms with Crippen molar-refractivity contribution in [1.29, 1.82) is 0 Å². The third-order valence-electron chi connectivity index (χ3n) is 3.76. The summed E-state index contributed by atoms with van der Waals surface area (Å²) in [6, 6.07) is 6.27. The van der Waals surface area contributed by atoms with Gasteiger partial charge in [-0.3, -0.25) is 0 Å². The molecule has 0 aliphatic carbocycles. The van der Waals surface area contributed by atoms with Crippen molar-refractivity contribution >= 4 is 6.03 Å². The van der Waals surface area contributed by atoms with E-state index in [4.69, 9.17) is 9.47 Å². The van der Waals surface area contributed by atoms with Gasteiger partial charge in [0.25, 0.3) is 0 Å². The highest BCUT2D eigenvalue weighted by Crippen LogP contribution is 2.37. The Hall–Kier alpha value is -1.91. The van der Waals surface area contributed by atoms with Gasteiger partial charge in [-0.1, -0.05) is 6.07 Å². The van der Waals surface area contributed by atoms with Gasteiger partial charge in [0.15, 0.2) is 11.5 Å². The van der Waals surface area contributed by atoms with Gasteiger partial charge in [0.2, 0.25) is 6.79 Å². The lowest BCUT2D eigenvalue weighted by Crippen LogP contribution is -2.41. The monoisotopic (exact) mass is 276 g/mol. The van der Waals surface area contributed by atoms with Gasteiger partial charge in [0, 0.05) is 25.0 Å². The number of carbonyl (C=O) groups excluding carboxylic acids is 1. The average Bonchev–Trinajstić information content (AvgIpc) is 3.06. The molecule has 1 saturated heterocycles. The predicted molar refractivity (Wildman–Crippen MR) is 75.2 cm³/mol. The summed E-state index contributed by atoms with van der Waals surface area (Å²) in [5.41, 5.74) is 1.22. The van der Waals surface area contributed by atoms with Gasteiger partial charge in [-0.05, 0) is 38.0 Å². The lowest BCUT2D eigenvalue weighted by Gasteiger charge is -2.19. The van der Waals surface area contributed by atoms with Gasteiger partial charge in [-0.15, -0.1) is 0 Å². The van der Waals surface area contributed by atoms with Crippen molar-refractivity contribution in [3.63, 3.8) is 0 Å². The van der Waals surface area contributed by atoms with Gasteiger partial charge in [-0.2, -0.15) is 0 Å². The molecule has 2 heterocycles. The first-order valence-corrected chi connectivity index (χ1v) is 7.08. The molecule has 0 saturated carbocycles. The van der Waals surface area contributed by atoms with Crippen LogP contribution in [0.3, 0.4) is 0 Å². The number of fused-ring (bicyclic) bond motifs is 1. The lowest BCUT2D eigenvalue weighted by molar-refractivity contribution is 0.174. The summed E-state index contributed by atoms with van der Waals surface area (Å²) < 4.78 is 10.7. The first-order valence-electron chi connectivity index (χ1n) is 7.08. The van der Waals surface area contributed by atoms with Crippen LogP contribution in [0.15, 0.2) is 18.2 Å². The lowest BCUT2D eigenvalue weighted by atomic mass is 9.98. The molecule has 1 unspecified atom stereocenters. The van der Waals surface area contributed by atoms with E-state index in [9.17, 15) is 4.79 Å². The van der Waals surface area contributed by atoms with E-state index in [0.717, 1.165) is 31.0 Å². The van der Waals surface area contributed by atoms with Crippen molar-refractivity contribution in [2.24, 2.45) is 0 Å². The van der Waals surface area contributed by atoms with Crippen LogP contribution in [0.25, 0.3) is 0 Å². The summed E-state index contributed by atoms with van der Waals surface area (Å²) in [6.07, 6.45) is 0.991. The largest absolute Gasteiger partial charge is 0.454 e. The number of benzene rings is 1. The van der Waals surface area contributed by atoms with E-state index < -0.39 is 0 Å². The van der Waals surface area contributed by atoms with Crippen LogP contribution >= 0.6 is 0 Å². The van der Waals surface area contributed by atoms with Crippen molar-refractivity contribution in [2.75, 3.05) is 19.9 Å². The second-order valence-electron chi connectivity index (χ2n) is 5.65. The molecule has 1 fully saturated rings. The van der Waals surface area contributed by atoms with Gasteiger partial charge in [0.1, 0.15) is 0 Å². The van der Waals surface area contributed by atoms with Crippen molar-refractivity contribution in [2.45, 2.75) is 32.2 Å². The fourth-order valence-electron chi connectivity index (χ4n) is 2.72. The molecule has 1 aromatic carbocycles. The Morgan fingerprint density at radius 3 is 2.95 bits per heavy atom. The fourth-order valence-corrected chi connectivity index (χ4v) is 2.72. The van der Waals surface area contributed by atoms with Crippen LogP contribution in [0.1, 0.15) is 31.7 Å². The summed E-state index contributed by atoms with van der Waals surface area (Å²) in [5.74, 6) is 2.00. The molecule has 0 radical (unpaired) electrons. The summed E-state index contributed by atoms with van der Waals surface area (Å²) in [6.45, 7) is 5.81. The molecule has 20 heavy (non-hydrogen) atoms. The minimum Gasteiger partial charge on any atom is -0.454 e. The van der Waals surface area contributed by atoms with Crippen molar-refractivity contribution in [1.82, 2.24) is 10.2 Å². The number of nitrogens with zero attached hydrogens (tertiary/aromatic N) is 1. The topological polar surface area (TPSA) is 50.8 Å². The molecule has 2 aliphatic heterocycles. The van der Waals surface area contributed by atoms with Gasteiger partial charge in [-0.25, -0.2) is 4.79 Å². The normalized spacial score (nSPS) is 20.6. The van der Waals surface area contributed by atoms with E-state index >= 15 is 0 Å². The number of nitrogens with one attached hydrogen (secondary N) is 1. The second-order valence-corrected chi connectivity index (χ2v) is 5.65. The molecule has 5 nitrogen and oxygen atoms in total. The maximum Gasteiger partial charge on any atom is 0.317 e. The Balaban J connectivity index is 1.66. The number of hydrogen-bond donors (Lipinski definition) is 1. The van der Waals surface area contributed by atoms with E-state index in [2.05, 4.69) is 11.4 Å². The van der Waals surface area contributed by atoms with Crippen molar-refractivity contribution in [3.8, 4) is 11.5 Å². The quantitative estimate of drug-likeness (QED) is 0.902. The highest BCUT2D eigenvalue weighted by atomic mass is 16.7. The maximum absolute atomic E-state index is 12.0. The first-order chi connectivity index (χ1) is 9.63. The minimum atomic E-state index is 0.0308. The smallest absolute Gasteiger partial charge is 0.317 e. The van der Waals surface area contributed by atoms with Gasteiger partial charge >= 0.3 is 6.03 Å². The number of carbonyl (C=O) groups is 1. The summed E-state index contributed by atoms with van der Waals surface area (Å²) in [7, 11) is 0. The zero-order chi connectivity index (χ0) is 14.1. The SMILES string of the molecule is CC(C)NC(=O)N1CCC(c2ccc3c(c2)OCO3)C1. The molecule has 108 valence electrons. The molecular formula is C15H20N2O3. The first kappa shape index (κ1) is 13.1. The molecule has 2 aliphatic rings. The summed E-state index contributed by atoms with van der Waals surface area (Å²) in [4.78, 5) is 13.9. The zero-order valence-corrected chi connectivity index (χ0v) is 11.9. The van der Waals surface area contributed by atoms with Crippen molar-refractivity contribution < 1.29 is 14.3 Å². The van der Waals surface area contributed by atoms with Gasteiger partial charge in [0.05, 0.1) is 0 Å². The number of urea groups is 1. The Morgan fingerprint density at radius 2 is 2.15 bits per heavy atom. The number of hydrogen-bond acceptors (Lipinski definition) is 3. The zero-order valence-electron chi connectivity index (χ0n) is 11.9. The molecule has 1 aromatic rings. The van der Waals surface area contributed by atoms with Crippen LogP contribution in [-0.2, 0) is 0 Å². The Morgan fingerprint density at radius 1 is 1.35 bits per heavy atom. The Bertz CT molecular complexity index is 516. The van der Waals surface area contributed by atoms with Crippen LogP contribution in [0.5, 0.6) is 11.5 Å². The summed E-state index contributed by atoms with van der Waals surface area (Å²) in [5, 5.41) is 2.94. The average molecular weight is 276 g/mol. The summed E-state index contributed by atoms with van der Waals surface area (Å²) >= 11 is 0. The number of rotatable bonds is 2. The van der Waals surface area contributed by atoms with E-state index in [1.165, 1.54) is 5.56 Å². The van der Waals surface area contributed by atoms with E-state index in [-0.39, 0.29) is 12.1 Å². The number of likely N-dealkylation sites (tertiary alicyclic amines) is 1. The Kier molecular flexibility index (Phi) is 3.42. The van der Waals surface area contributed by atoms with E-state index in [0.29, 0.717) is 12.7 Å². The number of ether oxygens (including phenoxy) is 2. The molecule has 1 N–H and O–H groups in total. The molecule has 0 spiro atoms.